The summed E-state index contributed by atoms with van der Waals surface area (Å²) in [7, 11) is 1.68. The summed E-state index contributed by atoms with van der Waals surface area (Å²) in [5.74, 6) is 0. The third kappa shape index (κ3) is 2.44. The molecule has 1 aromatic carbocycles. The van der Waals surface area contributed by atoms with E-state index in [1.165, 1.54) is 6.07 Å². The molecule has 1 atom stereocenters. The maximum absolute atomic E-state index is 10.8. The van der Waals surface area contributed by atoms with Crippen molar-refractivity contribution in [3.05, 3.63) is 33.9 Å². The minimum atomic E-state index is -0.475. The van der Waals surface area contributed by atoms with Crippen molar-refractivity contribution in [1.29, 1.82) is 0 Å². The third-order valence-electron chi connectivity index (χ3n) is 3.27. The van der Waals surface area contributed by atoms with Crippen LogP contribution in [0.5, 0.6) is 0 Å². The van der Waals surface area contributed by atoms with Gasteiger partial charge >= 0.3 is 0 Å². The molecule has 6 nitrogen and oxygen atoms in total. The van der Waals surface area contributed by atoms with Crippen LogP contribution >= 0.6 is 0 Å². The molecule has 0 aliphatic carbocycles. The van der Waals surface area contributed by atoms with Gasteiger partial charge in [0.1, 0.15) is 0 Å². The van der Waals surface area contributed by atoms with E-state index in [1.54, 1.807) is 19.2 Å². The molecule has 2 rings (SSSR count). The predicted molar refractivity (Wildman–Crippen MR) is 66.6 cm³/mol. The quantitative estimate of drug-likeness (QED) is 0.646. The number of methoxy groups -OCH3 is 1. The van der Waals surface area contributed by atoms with Gasteiger partial charge in [-0.05, 0) is 18.6 Å². The zero-order chi connectivity index (χ0) is 13.1. The van der Waals surface area contributed by atoms with Gasteiger partial charge in [0.2, 0.25) is 0 Å². The van der Waals surface area contributed by atoms with Gasteiger partial charge in [-0.25, -0.2) is 0 Å². The SMILES string of the molecule is COC1CCN(c2ccc([N+](=O)[O-])c(CO)c2)C1. The summed E-state index contributed by atoms with van der Waals surface area (Å²) >= 11 is 0. The summed E-state index contributed by atoms with van der Waals surface area (Å²) in [5, 5.41) is 20.0. The molecule has 1 heterocycles. The molecule has 98 valence electrons. The summed E-state index contributed by atoms with van der Waals surface area (Å²) in [6.07, 6.45) is 1.15. The summed E-state index contributed by atoms with van der Waals surface area (Å²) in [5.41, 5.74) is 1.20. The van der Waals surface area contributed by atoms with Crippen molar-refractivity contribution in [2.24, 2.45) is 0 Å². The van der Waals surface area contributed by atoms with Crippen molar-refractivity contribution in [2.45, 2.75) is 19.1 Å². The van der Waals surface area contributed by atoms with Crippen LogP contribution in [0.1, 0.15) is 12.0 Å². The number of rotatable bonds is 4. The minimum Gasteiger partial charge on any atom is -0.391 e. The van der Waals surface area contributed by atoms with E-state index in [4.69, 9.17) is 4.74 Å². The van der Waals surface area contributed by atoms with Crippen LogP contribution in [0.15, 0.2) is 18.2 Å². The van der Waals surface area contributed by atoms with E-state index in [9.17, 15) is 15.2 Å². The molecule has 1 aromatic rings. The molecule has 1 aliphatic heterocycles. The Kier molecular flexibility index (Phi) is 3.78. The standard InChI is InChI=1S/C12H16N2O4/c1-18-11-4-5-13(7-11)10-2-3-12(14(16)17)9(6-10)8-15/h2-3,6,11,15H,4-5,7-8H2,1H3. The van der Waals surface area contributed by atoms with Crippen molar-refractivity contribution in [3.63, 3.8) is 0 Å². The van der Waals surface area contributed by atoms with Gasteiger partial charge in [0, 0.05) is 32.0 Å². The van der Waals surface area contributed by atoms with Crippen molar-refractivity contribution in [3.8, 4) is 0 Å². The van der Waals surface area contributed by atoms with Crippen LogP contribution in [-0.4, -0.2) is 36.3 Å². The Morgan fingerprint density at radius 2 is 2.39 bits per heavy atom. The van der Waals surface area contributed by atoms with E-state index in [-0.39, 0.29) is 18.4 Å². The van der Waals surface area contributed by atoms with Gasteiger partial charge in [0.05, 0.1) is 23.2 Å². The number of nitrogens with zero attached hydrogens (tertiary/aromatic N) is 2. The van der Waals surface area contributed by atoms with Gasteiger partial charge in [0.15, 0.2) is 0 Å². The first kappa shape index (κ1) is 12.8. The van der Waals surface area contributed by atoms with Crippen molar-refractivity contribution in [2.75, 3.05) is 25.1 Å². The molecule has 18 heavy (non-hydrogen) atoms. The molecular formula is C12H16N2O4. The highest BCUT2D eigenvalue weighted by Crippen LogP contribution is 2.27. The van der Waals surface area contributed by atoms with Gasteiger partial charge in [-0.2, -0.15) is 0 Å². The van der Waals surface area contributed by atoms with Crippen LogP contribution in [0, 0.1) is 10.1 Å². The molecule has 0 radical (unpaired) electrons. The number of aliphatic hydroxyl groups excluding tert-OH is 1. The Bertz CT molecular complexity index is 450. The summed E-state index contributed by atoms with van der Waals surface area (Å²) in [4.78, 5) is 12.4. The van der Waals surface area contributed by atoms with E-state index in [0.717, 1.165) is 25.2 Å². The number of aliphatic hydroxyl groups is 1. The molecule has 0 spiro atoms. The van der Waals surface area contributed by atoms with Gasteiger partial charge in [0.25, 0.3) is 5.69 Å². The fourth-order valence-corrected chi connectivity index (χ4v) is 2.23. The number of nitro groups is 1. The molecule has 1 N–H and O–H groups in total. The Labute approximate surface area is 105 Å². The first-order chi connectivity index (χ1) is 8.65. The topological polar surface area (TPSA) is 75.8 Å². The highest BCUT2D eigenvalue weighted by atomic mass is 16.6. The van der Waals surface area contributed by atoms with Gasteiger partial charge in [-0.1, -0.05) is 0 Å². The molecule has 0 bridgehead atoms. The highest BCUT2D eigenvalue weighted by molar-refractivity contribution is 5.56. The number of anilines is 1. The zero-order valence-corrected chi connectivity index (χ0v) is 10.2. The molecule has 1 aliphatic rings. The van der Waals surface area contributed by atoms with Crippen LogP contribution in [0.25, 0.3) is 0 Å². The average Bonchev–Trinajstić information content (AvgIpc) is 2.86. The van der Waals surface area contributed by atoms with Crippen molar-refractivity contribution in [1.82, 2.24) is 0 Å². The molecular weight excluding hydrogens is 236 g/mol. The fraction of sp³-hybridized carbons (Fsp3) is 0.500. The van der Waals surface area contributed by atoms with Gasteiger partial charge < -0.3 is 14.7 Å². The number of nitro benzene ring substituents is 1. The number of ether oxygens (including phenoxy) is 1. The van der Waals surface area contributed by atoms with Crippen LogP contribution in [-0.2, 0) is 11.3 Å². The summed E-state index contributed by atoms with van der Waals surface area (Å²) in [6, 6.07) is 4.84. The van der Waals surface area contributed by atoms with Crippen LogP contribution < -0.4 is 4.90 Å². The van der Waals surface area contributed by atoms with Crippen LogP contribution in [0.2, 0.25) is 0 Å². The number of benzene rings is 1. The first-order valence-electron chi connectivity index (χ1n) is 5.81. The third-order valence-corrected chi connectivity index (χ3v) is 3.27. The lowest BCUT2D eigenvalue weighted by Crippen LogP contribution is -2.22. The monoisotopic (exact) mass is 252 g/mol. The number of hydrogen-bond donors (Lipinski definition) is 1. The van der Waals surface area contributed by atoms with E-state index in [2.05, 4.69) is 4.90 Å². The Hall–Kier alpha value is -1.66. The second-order valence-corrected chi connectivity index (χ2v) is 4.32. The Balaban J connectivity index is 2.22. The maximum atomic E-state index is 10.8. The Morgan fingerprint density at radius 1 is 1.61 bits per heavy atom. The smallest absolute Gasteiger partial charge is 0.275 e. The second kappa shape index (κ2) is 5.32. The lowest BCUT2D eigenvalue weighted by atomic mass is 10.1. The van der Waals surface area contributed by atoms with Gasteiger partial charge in [-0.15, -0.1) is 0 Å². The second-order valence-electron chi connectivity index (χ2n) is 4.32. The zero-order valence-electron chi connectivity index (χ0n) is 10.2. The maximum Gasteiger partial charge on any atom is 0.275 e. The largest absolute Gasteiger partial charge is 0.391 e. The van der Waals surface area contributed by atoms with Crippen LogP contribution in [0.4, 0.5) is 11.4 Å². The van der Waals surface area contributed by atoms with Crippen molar-refractivity contribution >= 4 is 11.4 Å². The number of hydrogen-bond acceptors (Lipinski definition) is 5. The molecule has 6 heteroatoms. The summed E-state index contributed by atoms with van der Waals surface area (Å²) in [6.45, 7) is 1.31. The molecule has 0 saturated carbocycles. The van der Waals surface area contributed by atoms with E-state index < -0.39 is 4.92 Å². The minimum absolute atomic E-state index is 0.0382. The van der Waals surface area contributed by atoms with E-state index in [0.29, 0.717) is 5.56 Å². The first-order valence-corrected chi connectivity index (χ1v) is 5.81. The van der Waals surface area contributed by atoms with Crippen molar-refractivity contribution < 1.29 is 14.8 Å². The Morgan fingerprint density at radius 3 is 2.94 bits per heavy atom. The molecule has 1 saturated heterocycles. The average molecular weight is 252 g/mol. The predicted octanol–water partition coefficient (Wildman–Crippen LogP) is 1.31. The molecule has 0 amide bonds. The van der Waals surface area contributed by atoms with E-state index >= 15 is 0 Å². The highest BCUT2D eigenvalue weighted by Gasteiger charge is 2.23. The molecule has 1 unspecified atom stereocenters. The lowest BCUT2D eigenvalue weighted by Gasteiger charge is -2.19. The van der Waals surface area contributed by atoms with E-state index in [1.807, 2.05) is 0 Å². The fourth-order valence-electron chi connectivity index (χ4n) is 2.23. The summed E-state index contributed by atoms with van der Waals surface area (Å²) < 4.78 is 5.28. The van der Waals surface area contributed by atoms with Crippen LogP contribution in [0.3, 0.4) is 0 Å². The van der Waals surface area contributed by atoms with Gasteiger partial charge in [-0.3, -0.25) is 10.1 Å². The molecule has 1 fully saturated rings. The lowest BCUT2D eigenvalue weighted by molar-refractivity contribution is -0.385. The molecule has 0 aromatic heterocycles. The normalized spacial score (nSPS) is 19.2.